The van der Waals surface area contributed by atoms with Crippen molar-refractivity contribution in [2.75, 3.05) is 12.5 Å². The Hall–Kier alpha value is -2.11. The molecule has 88 valence electrons. The molecule has 1 fully saturated rings. The molecular weight excluding hydrogens is 220 g/mol. The molecule has 17 heavy (non-hydrogen) atoms. The Bertz CT molecular complexity index is 584. The van der Waals surface area contributed by atoms with Gasteiger partial charge >= 0.3 is 5.56 Å². The molecule has 2 aromatic heterocycles. The lowest BCUT2D eigenvalue weighted by atomic mass is 10.3. The summed E-state index contributed by atoms with van der Waals surface area (Å²) in [5.41, 5.74) is 2.86. The molecule has 0 bridgehead atoms. The molecule has 0 saturated heterocycles. The van der Waals surface area contributed by atoms with Gasteiger partial charge in [0.15, 0.2) is 17.3 Å². The molecule has 0 radical (unpaired) electrons. The Morgan fingerprint density at radius 3 is 2.88 bits per heavy atom. The van der Waals surface area contributed by atoms with Gasteiger partial charge in [-0.3, -0.25) is 4.79 Å². The third kappa shape index (κ3) is 1.61. The van der Waals surface area contributed by atoms with E-state index in [0.29, 0.717) is 17.5 Å². The minimum absolute atomic E-state index is 0.223. The van der Waals surface area contributed by atoms with Crippen molar-refractivity contribution in [1.29, 1.82) is 0 Å². The van der Waals surface area contributed by atoms with Gasteiger partial charge in [0.25, 0.3) is 0 Å². The lowest BCUT2D eigenvalue weighted by molar-refractivity contribution is 0.573. The van der Waals surface area contributed by atoms with Crippen LogP contribution in [0.15, 0.2) is 27.6 Å². The van der Waals surface area contributed by atoms with Crippen LogP contribution in [0.2, 0.25) is 0 Å². The van der Waals surface area contributed by atoms with E-state index in [9.17, 15) is 4.79 Å². The largest absolute Gasteiger partial charge is 0.462 e. The van der Waals surface area contributed by atoms with E-state index in [-0.39, 0.29) is 11.3 Å². The Morgan fingerprint density at radius 2 is 2.29 bits per heavy atom. The number of rotatable bonds is 3. The highest BCUT2D eigenvalue weighted by Gasteiger charge is 2.30. The first-order valence-corrected chi connectivity index (χ1v) is 5.52. The Labute approximate surface area is 97.3 Å². The van der Waals surface area contributed by atoms with Crippen LogP contribution in [-0.2, 0) is 0 Å². The van der Waals surface area contributed by atoms with Gasteiger partial charge in [-0.2, -0.15) is 0 Å². The fraction of sp³-hybridized carbons (Fsp3) is 0.364. The Morgan fingerprint density at radius 1 is 1.47 bits per heavy atom. The van der Waals surface area contributed by atoms with E-state index >= 15 is 0 Å². The van der Waals surface area contributed by atoms with Crippen LogP contribution < -0.4 is 11.0 Å². The first-order valence-electron chi connectivity index (χ1n) is 5.52. The van der Waals surface area contributed by atoms with E-state index in [1.165, 1.54) is 10.9 Å². The van der Waals surface area contributed by atoms with Gasteiger partial charge in [0.2, 0.25) is 0 Å². The molecule has 0 aromatic carbocycles. The monoisotopic (exact) mass is 232 g/mol. The van der Waals surface area contributed by atoms with Gasteiger partial charge in [-0.05, 0) is 25.0 Å². The molecule has 6 heteroatoms. The third-order valence-corrected chi connectivity index (χ3v) is 2.81. The topological polar surface area (TPSA) is 73.0 Å². The van der Waals surface area contributed by atoms with Crippen molar-refractivity contribution in [1.82, 2.24) is 14.9 Å². The maximum atomic E-state index is 12.2. The Balaban J connectivity index is 2.16. The number of hydrogen-bond acceptors (Lipinski definition) is 5. The van der Waals surface area contributed by atoms with E-state index in [0.717, 1.165) is 12.8 Å². The van der Waals surface area contributed by atoms with E-state index < -0.39 is 0 Å². The van der Waals surface area contributed by atoms with Crippen molar-refractivity contribution in [3.8, 4) is 11.5 Å². The highest BCUT2D eigenvalue weighted by Crippen LogP contribution is 2.38. The highest BCUT2D eigenvalue weighted by atomic mass is 16.3. The van der Waals surface area contributed by atoms with Crippen molar-refractivity contribution < 1.29 is 4.42 Å². The molecular formula is C11H12N4O2. The van der Waals surface area contributed by atoms with E-state index in [1.807, 2.05) is 0 Å². The van der Waals surface area contributed by atoms with Crippen LogP contribution in [0.25, 0.3) is 11.5 Å². The first kappa shape index (κ1) is 10.1. The Kier molecular flexibility index (Phi) is 2.21. The maximum absolute atomic E-state index is 12.2. The third-order valence-electron chi connectivity index (χ3n) is 2.81. The van der Waals surface area contributed by atoms with Crippen LogP contribution in [0.5, 0.6) is 0 Å². The minimum atomic E-state index is -0.223. The van der Waals surface area contributed by atoms with Gasteiger partial charge in [0, 0.05) is 13.0 Å². The second-order valence-electron chi connectivity index (χ2n) is 4.02. The summed E-state index contributed by atoms with van der Waals surface area (Å²) in [5.74, 6) is 1.50. The lowest BCUT2D eigenvalue weighted by Crippen LogP contribution is -2.32. The zero-order valence-electron chi connectivity index (χ0n) is 9.38. The average molecular weight is 232 g/mol. The average Bonchev–Trinajstić information content (AvgIpc) is 3.04. The summed E-state index contributed by atoms with van der Waals surface area (Å²) in [6.45, 7) is 0. The molecule has 0 spiro atoms. The van der Waals surface area contributed by atoms with E-state index in [4.69, 9.17) is 4.42 Å². The smallest absolute Gasteiger partial charge is 0.302 e. The minimum Gasteiger partial charge on any atom is -0.462 e. The molecule has 0 unspecified atom stereocenters. The molecule has 2 heterocycles. The fourth-order valence-corrected chi connectivity index (χ4v) is 1.79. The molecule has 6 nitrogen and oxygen atoms in total. The summed E-state index contributed by atoms with van der Waals surface area (Å²) in [6.07, 6.45) is 3.64. The lowest BCUT2D eigenvalue weighted by Gasteiger charge is -2.09. The number of nitrogens with one attached hydrogen (secondary N) is 1. The number of hydrogen-bond donors (Lipinski definition) is 1. The summed E-state index contributed by atoms with van der Waals surface area (Å²) in [5, 5.41) is 8.09. The zero-order chi connectivity index (χ0) is 11.8. The second-order valence-corrected chi connectivity index (χ2v) is 4.02. The van der Waals surface area contributed by atoms with Gasteiger partial charge in [-0.1, -0.05) is 0 Å². The number of furan rings is 1. The molecule has 2 aromatic rings. The van der Waals surface area contributed by atoms with Gasteiger partial charge in [0.1, 0.15) is 0 Å². The van der Waals surface area contributed by atoms with Crippen LogP contribution in [0.1, 0.15) is 24.6 Å². The standard InChI is InChI=1S/C11H12N4O2/c1-12-15-10(7-4-5-7)14-13-9(11(15)16)8-3-2-6-17-8/h2-3,6-7,12H,4-5H2,1H3. The summed E-state index contributed by atoms with van der Waals surface area (Å²) in [6, 6.07) is 3.41. The van der Waals surface area contributed by atoms with E-state index in [2.05, 4.69) is 15.6 Å². The summed E-state index contributed by atoms with van der Waals surface area (Å²) >= 11 is 0. The van der Waals surface area contributed by atoms with Crippen LogP contribution in [-0.4, -0.2) is 21.9 Å². The van der Waals surface area contributed by atoms with E-state index in [1.54, 1.807) is 19.2 Å². The maximum Gasteiger partial charge on any atom is 0.302 e. The number of nitrogens with zero attached hydrogens (tertiary/aromatic N) is 3. The normalized spacial score (nSPS) is 14.9. The van der Waals surface area contributed by atoms with Crippen molar-refractivity contribution in [3.63, 3.8) is 0 Å². The van der Waals surface area contributed by atoms with Crippen molar-refractivity contribution in [3.05, 3.63) is 34.6 Å². The van der Waals surface area contributed by atoms with Gasteiger partial charge in [0.05, 0.1) is 6.26 Å². The molecule has 0 aliphatic heterocycles. The predicted molar refractivity (Wildman–Crippen MR) is 61.3 cm³/mol. The predicted octanol–water partition coefficient (Wildman–Crippen LogP) is 0.949. The molecule has 1 aliphatic carbocycles. The van der Waals surface area contributed by atoms with Crippen molar-refractivity contribution >= 4 is 0 Å². The molecule has 0 amide bonds. The molecule has 1 saturated carbocycles. The quantitative estimate of drug-likeness (QED) is 0.852. The SMILES string of the molecule is CNn1c(C2CC2)nnc(-c2ccco2)c1=O. The van der Waals surface area contributed by atoms with Crippen molar-refractivity contribution in [2.24, 2.45) is 0 Å². The van der Waals surface area contributed by atoms with Crippen LogP contribution >= 0.6 is 0 Å². The first-order chi connectivity index (χ1) is 8.31. The van der Waals surface area contributed by atoms with Gasteiger partial charge in [-0.25, -0.2) is 4.68 Å². The van der Waals surface area contributed by atoms with Gasteiger partial charge < -0.3 is 9.84 Å². The fourth-order valence-electron chi connectivity index (χ4n) is 1.79. The molecule has 1 N–H and O–H groups in total. The van der Waals surface area contributed by atoms with Crippen LogP contribution in [0.3, 0.4) is 0 Å². The van der Waals surface area contributed by atoms with Crippen LogP contribution in [0, 0.1) is 0 Å². The molecule has 0 atom stereocenters. The summed E-state index contributed by atoms with van der Waals surface area (Å²) in [7, 11) is 1.70. The summed E-state index contributed by atoms with van der Waals surface area (Å²) in [4.78, 5) is 12.2. The second kappa shape index (κ2) is 3.73. The number of aromatic nitrogens is 3. The molecule has 3 rings (SSSR count). The van der Waals surface area contributed by atoms with Crippen molar-refractivity contribution in [2.45, 2.75) is 18.8 Å². The summed E-state index contributed by atoms with van der Waals surface area (Å²) < 4.78 is 6.62. The molecule has 1 aliphatic rings. The highest BCUT2D eigenvalue weighted by molar-refractivity contribution is 5.49. The van der Waals surface area contributed by atoms with Crippen LogP contribution in [0.4, 0.5) is 0 Å². The van der Waals surface area contributed by atoms with Gasteiger partial charge in [-0.15, -0.1) is 10.2 Å². The zero-order valence-corrected chi connectivity index (χ0v) is 9.38.